The fourth-order valence-electron chi connectivity index (χ4n) is 6.33. The first-order valence-electron chi connectivity index (χ1n) is 15.4. The van der Waals surface area contributed by atoms with Crippen LogP contribution < -0.4 is 0 Å². The van der Waals surface area contributed by atoms with Gasteiger partial charge in [0.2, 0.25) is 0 Å². The third kappa shape index (κ3) is 5.80. The number of fused-ring (bicyclic) bond motifs is 1. The first kappa shape index (κ1) is 29.1. The molecule has 0 saturated carbocycles. The molecule has 2 atom stereocenters. The van der Waals surface area contributed by atoms with Crippen molar-refractivity contribution in [3.63, 3.8) is 0 Å². The molecule has 2 aliphatic rings. The minimum atomic E-state index is -0.900. The van der Waals surface area contributed by atoms with E-state index in [2.05, 4.69) is 63.5 Å². The van der Waals surface area contributed by atoms with E-state index in [-0.39, 0.29) is 18.2 Å². The van der Waals surface area contributed by atoms with Gasteiger partial charge in [-0.3, -0.25) is 9.80 Å². The van der Waals surface area contributed by atoms with Gasteiger partial charge in [-0.1, -0.05) is 30.3 Å². The van der Waals surface area contributed by atoms with Gasteiger partial charge in [-0.05, 0) is 87.4 Å². The molecule has 45 heavy (non-hydrogen) atoms. The quantitative estimate of drug-likeness (QED) is 0.181. The fraction of sp³-hybridized carbons (Fsp3) is 0.353. The number of hydrogen-bond donors (Lipinski definition) is 3. The summed E-state index contributed by atoms with van der Waals surface area (Å²) in [6.07, 6.45) is 4.03. The van der Waals surface area contributed by atoms with Crippen LogP contribution in [0.1, 0.15) is 70.2 Å². The van der Waals surface area contributed by atoms with Gasteiger partial charge >= 0.3 is 12.2 Å². The average Bonchev–Trinajstić information content (AvgIpc) is 3.83. The van der Waals surface area contributed by atoms with Gasteiger partial charge in [0.05, 0.1) is 35.0 Å². The molecule has 7 rings (SSSR count). The lowest BCUT2D eigenvalue weighted by molar-refractivity contribution is 0.0218. The van der Waals surface area contributed by atoms with Crippen LogP contribution in [0.2, 0.25) is 0 Å². The fourth-order valence-corrected chi connectivity index (χ4v) is 7.33. The zero-order valence-electron chi connectivity index (χ0n) is 25.5. The molecule has 2 saturated heterocycles. The van der Waals surface area contributed by atoms with Crippen LogP contribution in [0.3, 0.4) is 0 Å². The number of carbonyl (C=O) groups excluding carboxylic acids is 1. The van der Waals surface area contributed by atoms with Crippen LogP contribution in [-0.4, -0.2) is 65.7 Å². The lowest BCUT2D eigenvalue weighted by Gasteiger charge is -2.27. The van der Waals surface area contributed by atoms with Gasteiger partial charge < -0.3 is 19.8 Å². The van der Waals surface area contributed by atoms with Crippen LogP contribution >= 0.6 is 11.3 Å². The topological polar surface area (TPSA) is 127 Å². The Kier molecular flexibility index (Phi) is 7.35. The van der Waals surface area contributed by atoms with Crippen LogP contribution in [0.15, 0.2) is 60.8 Å². The van der Waals surface area contributed by atoms with Crippen LogP contribution in [0, 0.1) is 0 Å². The molecule has 0 aliphatic carbocycles. The largest absolute Gasteiger partial charge is 0.465 e. The molecule has 2 aliphatic heterocycles. The van der Waals surface area contributed by atoms with Gasteiger partial charge in [-0.15, -0.1) is 11.3 Å². The van der Waals surface area contributed by atoms with Crippen molar-refractivity contribution in [1.29, 1.82) is 0 Å². The van der Waals surface area contributed by atoms with E-state index in [9.17, 15) is 14.7 Å². The molecule has 3 N–H and O–H groups in total. The number of carbonyl (C=O) groups is 2. The van der Waals surface area contributed by atoms with Gasteiger partial charge in [0.25, 0.3) is 0 Å². The monoisotopic (exact) mass is 624 g/mol. The smallest absolute Gasteiger partial charge is 0.410 e. The number of ether oxygens (including phenoxy) is 1. The Bertz CT molecular complexity index is 1870. The maximum Gasteiger partial charge on any atom is 0.410 e. The van der Waals surface area contributed by atoms with Crippen molar-refractivity contribution in [3.8, 4) is 32.1 Å². The number of benzene rings is 2. The molecule has 0 radical (unpaired) electrons. The van der Waals surface area contributed by atoms with E-state index in [0.29, 0.717) is 18.9 Å². The molecule has 5 aromatic rings. The number of nitrogens with one attached hydrogen (secondary N) is 2. The first-order valence-corrected chi connectivity index (χ1v) is 16.2. The number of likely N-dealkylation sites (tertiary alicyclic amines) is 2. The standard InChI is InChI=1S/C34H36N6O4S/c1-34(2,3)44-33(43)40-17-5-6-26(40)30-35-19-25(38-30)20-8-10-21(11-9-20)28-14-15-29(45-28)22-12-13-23-24(18-22)37-31(36-23)27-7-4-16-39(27)32(41)42/h8-15,18-19,26-27H,4-7,16-17H2,1-3H3,(H,35,38)(H,36,37)(H,41,42). The maximum atomic E-state index is 12.8. The summed E-state index contributed by atoms with van der Waals surface area (Å²) in [4.78, 5) is 46.1. The van der Waals surface area contributed by atoms with E-state index < -0.39 is 11.7 Å². The van der Waals surface area contributed by atoms with Crippen molar-refractivity contribution >= 4 is 34.6 Å². The van der Waals surface area contributed by atoms with Gasteiger partial charge in [-0.2, -0.15) is 0 Å². The number of aromatic amines is 2. The van der Waals surface area contributed by atoms with Crippen molar-refractivity contribution in [1.82, 2.24) is 29.7 Å². The molecule has 2 amide bonds. The summed E-state index contributed by atoms with van der Waals surface area (Å²) in [5.41, 5.74) is 5.36. The highest BCUT2D eigenvalue weighted by Crippen LogP contribution is 2.38. The van der Waals surface area contributed by atoms with Crippen LogP contribution in [-0.2, 0) is 4.74 Å². The number of thiophene rings is 1. The van der Waals surface area contributed by atoms with Crippen molar-refractivity contribution in [2.75, 3.05) is 13.1 Å². The zero-order valence-corrected chi connectivity index (χ0v) is 26.4. The summed E-state index contributed by atoms with van der Waals surface area (Å²) in [5, 5.41) is 9.54. The molecular formula is C34H36N6O4S. The number of imidazole rings is 2. The third-order valence-corrected chi connectivity index (χ3v) is 9.66. The first-order chi connectivity index (χ1) is 21.6. The third-order valence-electron chi connectivity index (χ3n) is 8.48. The Morgan fingerprint density at radius 2 is 1.51 bits per heavy atom. The highest BCUT2D eigenvalue weighted by atomic mass is 32.1. The minimum absolute atomic E-state index is 0.118. The van der Waals surface area contributed by atoms with Crippen LogP contribution in [0.25, 0.3) is 43.2 Å². The number of nitrogens with zero attached hydrogens (tertiary/aromatic N) is 4. The summed E-state index contributed by atoms with van der Waals surface area (Å²) in [6, 6.07) is 18.5. The Hall–Kier alpha value is -4.64. The molecule has 11 heteroatoms. The Morgan fingerprint density at radius 1 is 0.867 bits per heavy atom. The van der Waals surface area contributed by atoms with Crippen LogP contribution in [0.4, 0.5) is 9.59 Å². The van der Waals surface area contributed by atoms with E-state index in [1.165, 1.54) is 4.90 Å². The molecule has 2 unspecified atom stereocenters. The SMILES string of the molecule is CC(C)(C)OC(=O)N1CCCC1c1ncc(-c2ccc(-c3ccc(-c4ccc5nc(C6CCCN6C(=O)O)[nH]c5c4)s3)cc2)[nH]1. The second-order valence-corrected chi connectivity index (χ2v) is 13.8. The Balaban J connectivity index is 1.06. The van der Waals surface area contributed by atoms with E-state index >= 15 is 0 Å². The van der Waals surface area contributed by atoms with E-state index in [0.717, 1.165) is 74.7 Å². The summed E-state index contributed by atoms with van der Waals surface area (Å²) in [6.45, 7) is 6.85. The molecule has 2 fully saturated rings. The van der Waals surface area contributed by atoms with E-state index in [1.54, 1.807) is 16.2 Å². The summed E-state index contributed by atoms with van der Waals surface area (Å²) >= 11 is 1.72. The highest BCUT2D eigenvalue weighted by Gasteiger charge is 2.35. The normalized spacial score (nSPS) is 18.6. The number of hydrogen-bond acceptors (Lipinski definition) is 6. The van der Waals surface area contributed by atoms with Crippen molar-refractivity contribution in [2.45, 2.75) is 64.1 Å². The predicted molar refractivity (Wildman–Crippen MR) is 174 cm³/mol. The van der Waals surface area contributed by atoms with Crippen molar-refractivity contribution in [2.24, 2.45) is 0 Å². The molecule has 3 aromatic heterocycles. The Labute approximate surface area is 265 Å². The maximum absolute atomic E-state index is 12.8. The zero-order chi connectivity index (χ0) is 31.3. The van der Waals surface area contributed by atoms with Crippen molar-refractivity contribution < 1.29 is 19.4 Å². The second-order valence-electron chi connectivity index (χ2n) is 12.7. The van der Waals surface area contributed by atoms with E-state index in [4.69, 9.17) is 9.72 Å². The number of carboxylic acid groups (broad SMARTS) is 1. The van der Waals surface area contributed by atoms with E-state index in [1.807, 2.05) is 33.0 Å². The lowest BCUT2D eigenvalue weighted by atomic mass is 10.1. The summed E-state index contributed by atoms with van der Waals surface area (Å²) in [7, 11) is 0. The second kappa shape index (κ2) is 11.4. The van der Waals surface area contributed by atoms with Crippen molar-refractivity contribution in [3.05, 3.63) is 72.4 Å². The van der Waals surface area contributed by atoms with Crippen LogP contribution in [0.5, 0.6) is 0 Å². The number of H-pyrrole nitrogens is 2. The molecular weight excluding hydrogens is 588 g/mol. The summed E-state index contributed by atoms with van der Waals surface area (Å²) in [5.74, 6) is 1.49. The number of amides is 2. The molecule has 232 valence electrons. The Morgan fingerprint density at radius 3 is 2.22 bits per heavy atom. The minimum Gasteiger partial charge on any atom is -0.465 e. The van der Waals surface area contributed by atoms with Gasteiger partial charge in [0.15, 0.2) is 0 Å². The van der Waals surface area contributed by atoms with Gasteiger partial charge in [-0.25, -0.2) is 19.6 Å². The number of aromatic nitrogens is 4. The molecule has 2 aromatic carbocycles. The molecule has 0 spiro atoms. The average molecular weight is 625 g/mol. The van der Waals surface area contributed by atoms with Gasteiger partial charge in [0.1, 0.15) is 17.2 Å². The molecule has 10 nitrogen and oxygen atoms in total. The predicted octanol–water partition coefficient (Wildman–Crippen LogP) is 8.24. The number of rotatable bonds is 5. The lowest BCUT2D eigenvalue weighted by Crippen LogP contribution is -2.36. The molecule has 0 bridgehead atoms. The molecule has 5 heterocycles. The summed E-state index contributed by atoms with van der Waals surface area (Å²) < 4.78 is 5.62. The van der Waals surface area contributed by atoms with Gasteiger partial charge in [0, 0.05) is 22.8 Å². The highest BCUT2D eigenvalue weighted by molar-refractivity contribution is 7.18.